The predicted molar refractivity (Wildman–Crippen MR) is 95.2 cm³/mol. The average molecular weight is 326 g/mol. The maximum absolute atomic E-state index is 6.27. The first-order chi connectivity index (χ1) is 11.3. The molecule has 0 fully saturated rings. The fourth-order valence-electron chi connectivity index (χ4n) is 3.68. The summed E-state index contributed by atoms with van der Waals surface area (Å²) in [4.78, 5) is 0. The molecule has 23 heavy (non-hydrogen) atoms. The van der Waals surface area contributed by atoms with Crippen molar-refractivity contribution in [3.63, 3.8) is 0 Å². The maximum Gasteiger partial charge on any atom is 0.0845 e. The van der Waals surface area contributed by atoms with Crippen LogP contribution in [0.15, 0.2) is 48.5 Å². The van der Waals surface area contributed by atoms with Crippen LogP contribution >= 0.6 is 11.6 Å². The van der Waals surface area contributed by atoms with Crippen LogP contribution in [0.3, 0.4) is 0 Å². The first-order valence-electron chi connectivity index (χ1n) is 8.24. The van der Waals surface area contributed by atoms with Gasteiger partial charge in [0, 0.05) is 40.1 Å². The number of rotatable bonds is 3. The summed E-state index contributed by atoms with van der Waals surface area (Å²) in [6.07, 6.45) is 2.13. The minimum Gasteiger partial charge on any atom is -0.373 e. The van der Waals surface area contributed by atoms with Gasteiger partial charge in [-0.2, -0.15) is 0 Å². The van der Waals surface area contributed by atoms with E-state index in [0.29, 0.717) is 0 Å². The zero-order valence-corrected chi connectivity index (χ0v) is 14.0. The molecule has 0 radical (unpaired) electrons. The number of halogens is 1. The van der Waals surface area contributed by atoms with E-state index in [-0.39, 0.29) is 6.10 Å². The lowest BCUT2D eigenvalue weighted by Gasteiger charge is -2.24. The summed E-state index contributed by atoms with van der Waals surface area (Å²) in [5.74, 6) is 0. The van der Waals surface area contributed by atoms with E-state index in [2.05, 4.69) is 54.0 Å². The van der Waals surface area contributed by atoms with Gasteiger partial charge in [-0.25, -0.2) is 0 Å². The second kappa shape index (κ2) is 6.03. The van der Waals surface area contributed by atoms with Crippen LogP contribution in [0.4, 0.5) is 0 Å². The van der Waals surface area contributed by atoms with Gasteiger partial charge in [0.15, 0.2) is 0 Å². The van der Waals surface area contributed by atoms with Crippen molar-refractivity contribution >= 4 is 22.5 Å². The van der Waals surface area contributed by atoms with Gasteiger partial charge in [-0.1, -0.05) is 48.9 Å². The van der Waals surface area contributed by atoms with Crippen molar-refractivity contribution in [1.29, 1.82) is 0 Å². The smallest absolute Gasteiger partial charge is 0.0845 e. The quantitative estimate of drug-likeness (QED) is 0.631. The average Bonchev–Trinajstić information content (AvgIpc) is 2.89. The van der Waals surface area contributed by atoms with E-state index in [0.717, 1.165) is 31.0 Å². The molecule has 2 nitrogen and oxygen atoms in total. The lowest BCUT2D eigenvalue weighted by Crippen LogP contribution is -2.18. The predicted octanol–water partition coefficient (Wildman–Crippen LogP) is 5.37. The molecule has 0 bridgehead atoms. The molecule has 0 saturated carbocycles. The maximum atomic E-state index is 6.27. The highest BCUT2D eigenvalue weighted by Gasteiger charge is 2.27. The molecule has 3 heteroatoms. The molecule has 2 heterocycles. The number of aromatic nitrogens is 1. The lowest BCUT2D eigenvalue weighted by molar-refractivity contribution is 0.0396. The van der Waals surface area contributed by atoms with E-state index >= 15 is 0 Å². The summed E-state index contributed by atoms with van der Waals surface area (Å²) in [6.45, 7) is 3.87. The van der Waals surface area contributed by atoms with Gasteiger partial charge < -0.3 is 9.30 Å². The molecule has 0 amide bonds. The number of benzene rings is 2. The molecule has 2 aromatic carbocycles. The third-order valence-electron chi connectivity index (χ3n) is 4.71. The summed E-state index contributed by atoms with van der Waals surface area (Å²) in [5, 5.41) is 2.03. The van der Waals surface area contributed by atoms with E-state index in [1.165, 1.54) is 27.7 Å². The van der Waals surface area contributed by atoms with Crippen molar-refractivity contribution in [2.45, 2.75) is 32.4 Å². The molecule has 0 saturated heterocycles. The Morgan fingerprint density at radius 1 is 1.17 bits per heavy atom. The summed E-state index contributed by atoms with van der Waals surface area (Å²) in [6, 6.07) is 16.9. The van der Waals surface area contributed by atoms with Crippen molar-refractivity contribution < 1.29 is 4.74 Å². The minimum atomic E-state index is 0.178. The second-order valence-electron chi connectivity index (χ2n) is 6.11. The third kappa shape index (κ3) is 2.56. The molecule has 1 unspecified atom stereocenters. The van der Waals surface area contributed by atoms with E-state index in [4.69, 9.17) is 16.3 Å². The van der Waals surface area contributed by atoms with E-state index in [1.54, 1.807) is 0 Å². The number of nitrogens with zero attached hydrogens (tertiary/aromatic N) is 1. The van der Waals surface area contributed by atoms with Gasteiger partial charge in [0.2, 0.25) is 0 Å². The molecular formula is C20H20ClNO. The highest BCUT2D eigenvalue weighted by molar-refractivity contribution is 6.31. The third-order valence-corrected chi connectivity index (χ3v) is 4.95. The first-order valence-corrected chi connectivity index (χ1v) is 8.61. The van der Waals surface area contributed by atoms with E-state index in [9.17, 15) is 0 Å². The zero-order chi connectivity index (χ0) is 15.8. The second-order valence-corrected chi connectivity index (χ2v) is 6.55. The Hall–Kier alpha value is -1.77. The van der Waals surface area contributed by atoms with Gasteiger partial charge in [-0.05, 0) is 30.2 Å². The van der Waals surface area contributed by atoms with Gasteiger partial charge in [0.1, 0.15) is 0 Å². The van der Waals surface area contributed by atoms with Crippen LogP contribution in [0.2, 0.25) is 5.02 Å². The van der Waals surface area contributed by atoms with Crippen molar-refractivity contribution in [2.75, 3.05) is 6.61 Å². The zero-order valence-electron chi connectivity index (χ0n) is 13.3. The largest absolute Gasteiger partial charge is 0.373 e. The summed E-state index contributed by atoms with van der Waals surface area (Å²) in [5.41, 5.74) is 5.32. The number of hydrogen-bond donors (Lipinski definition) is 0. The van der Waals surface area contributed by atoms with Gasteiger partial charge in [0.25, 0.3) is 0 Å². The van der Waals surface area contributed by atoms with Crippen LogP contribution in [-0.4, -0.2) is 11.2 Å². The summed E-state index contributed by atoms with van der Waals surface area (Å²) >= 11 is 6.27. The van der Waals surface area contributed by atoms with Crippen LogP contribution < -0.4 is 0 Å². The van der Waals surface area contributed by atoms with Gasteiger partial charge in [-0.15, -0.1) is 0 Å². The highest BCUT2D eigenvalue weighted by Crippen LogP contribution is 2.39. The summed E-state index contributed by atoms with van der Waals surface area (Å²) in [7, 11) is 0. The number of fused-ring (bicyclic) bond motifs is 3. The number of ether oxygens (including phenoxy) is 1. The summed E-state index contributed by atoms with van der Waals surface area (Å²) < 4.78 is 8.45. The SMILES string of the molecule is CCC1OCCc2c1c1cc(Cl)ccc1n2Cc1ccccc1. The molecule has 118 valence electrons. The first kappa shape index (κ1) is 14.8. The normalized spacial score (nSPS) is 17.4. The Morgan fingerprint density at radius 3 is 2.78 bits per heavy atom. The Morgan fingerprint density at radius 2 is 2.00 bits per heavy atom. The molecule has 1 aliphatic heterocycles. The standard InChI is InChI=1S/C20H20ClNO/c1-2-19-20-16-12-15(21)8-9-17(16)22(18(20)10-11-23-19)13-14-6-4-3-5-7-14/h3-9,12,19H,2,10-11,13H2,1H3. The number of hydrogen-bond acceptors (Lipinski definition) is 1. The molecule has 1 atom stereocenters. The molecule has 1 aliphatic rings. The van der Waals surface area contributed by atoms with Gasteiger partial charge >= 0.3 is 0 Å². The fourth-order valence-corrected chi connectivity index (χ4v) is 3.86. The van der Waals surface area contributed by atoms with Crippen molar-refractivity contribution in [3.8, 4) is 0 Å². The molecule has 0 spiro atoms. The van der Waals surface area contributed by atoms with Crippen LogP contribution in [0.1, 0.15) is 36.3 Å². The highest BCUT2D eigenvalue weighted by atomic mass is 35.5. The Balaban J connectivity index is 1.93. The van der Waals surface area contributed by atoms with Crippen LogP contribution in [-0.2, 0) is 17.7 Å². The molecule has 4 rings (SSSR count). The Kier molecular flexibility index (Phi) is 3.88. The van der Waals surface area contributed by atoms with Crippen LogP contribution in [0.25, 0.3) is 10.9 Å². The topological polar surface area (TPSA) is 14.2 Å². The Labute approximate surface area is 141 Å². The molecule has 0 N–H and O–H groups in total. The molecular weight excluding hydrogens is 306 g/mol. The van der Waals surface area contributed by atoms with Crippen molar-refractivity contribution in [3.05, 3.63) is 70.4 Å². The minimum absolute atomic E-state index is 0.178. The van der Waals surface area contributed by atoms with Gasteiger partial charge in [0.05, 0.1) is 12.7 Å². The van der Waals surface area contributed by atoms with Crippen LogP contribution in [0.5, 0.6) is 0 Å². The van der Waals surface area contributed by atoms with E-state index < -0.39 is 0 Å². The molecule has 1 aromatic heterocycles. The van der Waals surface area contributed by atoms with Gasteiger partial charge in [-0.3, -0.25) is 0 Å². The van der Waals surface area contributed by atoms with E-state index in [1.807, 2.05) is 6.07 Å². The fraction of sp³-hybridized carbons (Fsp3) is 0.300. The monoisotopic (exact) mass is 325 g/mol. The molecule has 0 aliphatic carbocycles. The van der Waals surface area contributed by atoms with Crippen molar-refractivity contribution in [1.82, 2.24) is 4.57 Å². The Bertz CT molecular complexity index is 838. The lowest BCUT2D eigenvalue weighted by atomic mass is 9.99. The molecule has 3 aromatic rings. The van der Waals surface area contributed by atoms with Crippen molar-refractivity contribution in [2.24, 2.45) is 0 Å². The van der Waals surface area contributed by atoms with Crippen LogP contribution in [0, 0.1) is 0 Å².